The van der Waals surface area contributed by atoms with Crippen LogP contribution in [0.15, 0.2) is 12.3 Å². The highest BCUT2D eigenvalue weighted by Crippen LogP contribution is 2.37. The Bertz CT molecular complexity index is 528. The number of ether oxygens (including phenoxy) is 1. The van der Waals surface area contributed by atoms with Crippen LogP contribution in [0.25, 0.3) is 0 Å². The Labute approximate surface area is 126 Å². The van der Waals surface area contributed by atoms with E-state index in [4.69, 9.17) is 14.0 Å². The SMILES string of the molecule is CNc1cc(OC2CC2)cnc1B1OC(C)(C)C(C)(C)O1. The van der Waals surface area contributed by atoms with Crippen LogP contribution in [0.1, 0.15) is 40.5 Å². The van der Waals surface area contributed by atoms with Crippen molar-refractivity contribution >= 4 is 18.4 Å². The van der Waals surface area contributed by atoms with E-state index < -0.39 is 7.12 Å². The molecule has 0 radical (unpaired) electrons. The first-order valence-corrected chi connectivity index (χ1v) is 7.52. The van der Waals surface area contributed by atoms with E-state index in [1.165, 1.54) is 0 Å². The third kappa shape index (κ3) is 2.74. The molecule has 1 aliphatic heterocycles. The highest BCUT2D eigenvalue weighted by Gasteiger charge is 2.53. The largest absolute Gasteiger partial charge is 0.516 e. The van der Waals surface area contributed by atoms with Gasteiger partial charge in [0.2, 0.25) is 0 Å². The fraction of sp³-hybridized carbons (Fsp3) is 0.667. The smallest absolute Gasteiger partial charge is 0.489 e. The molecule has 0 aromatic carbocycles. The summed E-state index contributed by atoms with van der Waals surface area (Å²) in [6, 6.07) is 1.96. The Morgan fingerprint density at radius 3 is 2.38 bits per heavy atom. The summed E-state index contributed by atoms with van der Waals surface area (Å²) in [6.07, 6.45) is 4.38. The number of aromatic nitrogens is 1. The second kappa shape index (κ2) is 4.88. The zero-order chi connectivity index (χ0) is 15.3. The van der Waals surface area contributed by atoms with Crippen molar-refractivity contribution in [2.45, 2.75) is 57.8 Å². The quantitative estimate of drug-likeness (QED) is 0.859. The van der Waals surface area contributed by atoms with Gasteiger partial charge in [0.25, 0.3) is 0 Å². The molecule has 1 aromatic rings. The minimum absolute atomic E-state index is 0.360. The summed E-state index contributed by atoms with van der Waals surface area (Å²) in [5, 5.41) is 3.16. The van der Waals surface area contributed by atoms with Crippen molar-refractivity contribution in [3.05, 3.63) is 12.3 Å². The summed E-state index contributed by atoms with van der Waals surface area (Å²) in [4.78, 5) is 4.51. The Morgan fingerprint density at radius 1 is 1.24 bits per heavy atom. The van der Waals surface area contributed by atoms with Crippen molar-refractivity contribution in [3.63, 3.8) is 0 Å². The van der Waals surface area contributed by atoms with Crippen LogP contribution in [0.2, 0.25) is 0 Å². The van der Waals surface area contributed by atoms with Gasteiger partial charge in [-0.3, -0.25) is 4.98 Å². The van der Waals surface area contributed by atoms with E-state index in [1.807, 2.05) is 40.8 Å². The van der Waals surface area contributed by atoms with Crippen LogP contribution in [-0.4, -0.2) is 36.5 Å². The predicted molar refractivity (Wildman–Crippen MR) is 83.1 cm³/mol. The maximum Gasteiger partial charge on any atom is 0.516 e. The lowest BCUT2D eigenvalue weighted by atomic mass is 9.83. The van der Waals surface area contributed by atoms with Gasteiger partial charge in [0.1, 0.15) is 5.75 Å². The fourth-order valence-corrected chi connectivity index (χ4v) is 2.24. The predicted octanol–water partition coefficient (Wildman–Crippen LogP) is 1.96. The second-order valence-corrected chi connectivity index (χ2v) is 6.76. The molecule has 0 amide bonds. The van der Waals surface area contributed by atoms with Crippen molar-refractivity contribution in [2.24, 2.45) is 0 Å². The lowest BCUT2D eigenvalue weighted by Gasteiger charge is -2.32. The van der Waals surface area contributed by atoms with Gasteiger partial charge < -0.3 is 19.4 Å². The Morgan fingerprint density at radius 2 is 1.86 bits per heavy atom. The molecule has 5 nitrogen and oxygen atoms in total. The van der Waals surface area contributed by atoms with E-state index in [9.17, 15) is 0 Å². The lowest BCUT2D eigenvalue weighted by molar-refractivity contribution is 0.00578. The number of nitrogens with one attached hydrogen (secondary N) is 1. The molecule has 2 heterocycles. The van der Waals surface area contributed by atoms with Gasteiger partial charge in [0.05, 0.1) is 34.8 Å². The van der Waals surface area contributed by atoms with Crippen molar-refractivity contribution in [1.82, 2.24) is 4.98 Å². The van der Waals surface area contributed by atoms with E-state index in [2.05, 4.69) is 10.3 Å². The minimum atomic E-state index is -0.465. The molecule has 6 heteroatoms. The highest BCUT2D eigenvalue weighted by molar-refractivity contribution is 6.62. The lowest BCUT2D eigenvalue weighted by Crippen LogP contribution is -2.41. The second-order valence-electron chi connectivity index (χ2n) is 6.76. The number of rotatable bonds is 4. The number of hydrogen-bond donors (Lipinski definition) is 1. The topological polar surface area (TPSA) is 52.6 Å². The van der Waals surface area contributed by atoms with Crippen LogP contribution in [0.4, 0.5) is 5.69 Å². The van der Waals surface area contributed by atoms with Gasteiger partial charge in [0, 0.05) is 13.1 Å². The molecule has 0 bridgehead atoms. The summed E-state index contributed by atoms with van der Waals surface area (Å²) in [5.74, 6) is 0.794. The molecule has 1 aliphatic carbocycles. The summed E-state index contributed by atoms with van der Waals surface area (Å²) in [7, 11) is 1.40. The normalized spacial score (nSPS) is 23.2. The first-order chi connectivity index (χ1) is 9.82. The van der Waals surface area contributed by atoms with Crippen molar-refractivity contribution in [2.75, 3.05) is 12.4 Å². The molecular weight excluding hydrogens is 267 g/mol. The average molecular weight is 290 g/mol. The van der Waals surface area contributed by atoms with Gasteiger partial charge in [0.15, 0.2) is 0 Å². The van der Waals surface area contributed by atoms with E-state index in [1.54, 1.807) is 6.20 Å². The van der Waals surface area contributed by atoms with Gasteiger partial charge in [-0.2, -0.15) is 0 Å². The molecular formula is C15H23BN2O3. The average Bonchev–Trinajstić information content (AvgIpc) is 3.17. The number of pyridine rings is 1. The minimum Gasteiger partial charge on any atom is -0.489 e. The third-order valence-corrected chi connectivity index (χ3v) is 4.47. The molecule has 0 atom stereocenters. The Hall–Kier alpha value is -1.27. The van der Waals surface area contributed by atoms with Crippen molar-refractivity contribution in [1.29, 1.82) is 0 Å². The first-order valence-electron chi connectivity index (χ1n) is 7.52. The standard InChI is InChI=1S/C15H23BN2O3/c1-14(2)15(3,4)21-16(20-14)13-12(17-5)8-11(9-18-13)19-10-6-7-10/h8-10,17H,6-7H2,1-5H3. The zero-order valence-corrected chi connectivity index (χ0v) is 13.4. The van der Waals surface area contributed by atoms with Crippen molar-refractivity contribution < 1.29 is 14.0 Å². The van der Waals surface area contributed by atoms with E-state index in [0.717, 1.165) is 29.9 Å². The van der Waals surface area contributed by atoms with E-state index >= 15 is 0 Å². The monoisotopic (exact) mass is 290 g/mol. The van der Waals surface area contributed by atoms with Crippen LogP contribution in [0.5, 0.6) is 5.75 Å². The first kappa shape index (κ1) is 14.7. The molecule has 2 fully saturated rings. The highest BCUT2D eigenvalue weighted by atomic mass is 16.7. The van der Waals surface area contributed by atoms with Gasteiger partial charge in [-0.05, 0) is 40.5 Å². The van der Waals surface area contributed by atoms with Gasteiger partial charge in [-0.1, -0.05) is 0 Å². The molecule has 1 saturated carbocycles. The molecule has 114 valence electrons. The summed E-state index contributed by atoms with van der Waals surface area (Å²) < 4.78 is 17.9. The number of anilines is 1. The molecule has 3 rings (SSSR count). The molecule has 21 heavy (non-hydrogen) atoms. The molecule has 1 aromatic heterocycles. The van der Waals surface area contributed by atoms with Crippen LogP contribution < -0.4 is 15.6 Å². The Balaban J connectivity index is 1.85. The van der Waals surface area contributed by atoms with Gasteiger partial charge in [-0.25, -0.2) is 0 Å². The van der Waals surface area contributed by atoms with Crippen molar-refractivity contribution in [3.8, 4) is 5.75 Å². The summed E-state index contributed by atoms with van der Waals surface area (Å²) in [6.45, 7) is 8.15. The summed E-state index contributed by atoms with van der Waals surface area (Å²) in [5.41, 5.74) is 0.909. The van der Waals surface area contributed by atoms with E-state index in [0.29, 0.717) is 6.10 Å². The van der Waals surface area contributed by atoms with Gasteiger partial charge >= 0.3 is 7.12 Å². The zero-order valence-electron chi connectivity index (χ0n) is 13.4. The summed E-state index contributed by atoms with van der Waals surface area (Å²) >= 11 is 0. The molecule has 0 spiro atoms. The maximum absolute atomic E-state index is 6.06. The third-order valence-electron chi connectivity index (χ3n) is 4.47. The maximum atomic E-state index is 6.06. The molecule has 1 N–H and O–H groups in total. The van der Waals surface area contributed by atoms with E-state index in [-0.39, 0.29) is 11.2 Å². The number of nitrogens with zero attached hydrogens (tertiary/aromatic N) is 1. The van der Waals surface area contributed by atoms with Crippen LogP contribution in [-0.2, 0) is 9.31 Å². The fourth-order valence-electron chi connectivity index (χ4n) is 2.24. The molecule has 0 unspecified atom stereocenters. The Kier molecular flexibility index (Phi) is 3.41. The number of hydrogen-bond acceptors (Lipinski definition) is 5. The van der Waals surface area contributed by atoms with Gasteiger partial charge in [-0.15, -0.1) is 0 Å². The van der Waals surface area contributed by atoms with Crippen LogP contribution >= 0.6 is 0 Å². The van der Waals surface area contributed by atoms with Crippen LogP contribution in [0.3, 0.4) is 0 Å². The van der Waals surface area contributed by atoms with Crippen LogP contribution in [0, 0.1) is 0 Å². The molecule has 1 saturated heterocycles. The molecule has 2 aliphatic rings.